The van der Waals surface area contributed by atoms with Gasteiger partial charge in [0.05, 0.1) is 23.5 Å². The molecule has 6 nitrogen and oxygen atoms in total. The number of carbonyl (C=O) groups excluding carboxylic acids is 2. The number of benzene rings is 2. The molecule has 1 fully saturated rings. The molecule has 3 aromatic rings. The summed E-state index contributed by atoms with van der Waals surface area (Å²) in [7, 11) is 0. The first-order valence-corrected chi connectivity index (χ1v) is 9.83. The lowest BCUT2D eigenvalue weighted by atomic mass is 10.1. The second kappa shape index (κ2) is 8.31. The summed E-state index contributed by atoms with van der Waals surface area (Å²) in [6.45, 7) is 5.59. The number of likely N-dealkylation sites (tertiary alicyclic amines) is 1. The Labute approximate surface area is 169 Å². The maximum atomic E-state index is 12.6. The van der Waals surface area contributed by atoms with Crippen molar-refractivity contribution in [1.82, 2.24) is 19.8 Å². The highest BCUT2D eigenvalue weighted by Gasteiger charge is 2.30. The number of fused-ring (bicyclic) bond motifs is 1. The van der Waals surface area contributed by atoms with Gasteiger partial charge in [-0.2, -0.15) is 0 Å². The molecule has 0 saturated carbocycles. The molecule has 0 spiro atoms. The summed E-state index contributed by atoms with van der Waals surface area (Å²) in [5.41, 5.74) is 3.14. The number of nitrogens with one attached hydrogen (secondary N) is 1. The van der Waals surface area contributed by atoms with Crippen LogP contribution in [0.4, 0.5) is 0 Å². The van der Waals surface area contributed by atoms with E-state index in [1.807, 2.05) is 42.5 Å². The molecule has 1 aliphatic rings. The van der Waals surface area contributed by atoms with Gasteiger partial charge in [0.2, 0.25) is 11.8 Å². The van der Waals surface area contributed by atoms with E-state index in [1.165, 1.54) is 11.6 Å². The Hall–Kier alpha value is -3.41. The van der Waals surface area contributed by atoms with Crippen LogP contribution in [0.3, 0.4) is 0 Å². The molecule has 1 atom stereocenters. The summed E-state index contributed by atoms with van der Waals surface area (Å²) in [6, 6.07) is 18.2. The highest BCUT2D eigenvalue weighted by Crippen LogP contribution is 2.19. The van der Waals surface area contributed by atoms with Crippen molar-refractivity contribution in [3.63, 3.8) is 0 Å². The van der Waals surface area contributed by atoms with Crippen molar-refractivity contribution in [3.8, 4) is 0 Å². The van der Waals surface area contributed by atoms with Crippen LogP contribution >= 0.6 is 0 Å². The van der Waals surface area contributed by atoms with E-state index in [1.54, 1.807) is 4.90 Å². The highest BCUT2D eigenvalue weighted by molar-refractivity contribution is 5.88. The predicted octanol–water partition coefficient (Wildman–Crippen LogP) is 2.74. The van der Waals surface area contributed by atoms with Crippen molar-refractivity contribution in [2.45, 2.75) is 19.5 Å². The molecule has 4 rings (SSSR count). The molecule has 1 aromatic heterocycles. The summed E-state index contributed by atoms with van der Waals surface area (Å²) < 4.78 is 2.15. The van der Waals surface area contributed by atoms with Crippen LogP contribution in [0.15, 0.2) is 67.3 Å². The van der Waals surface area contributed by atoms with E-state index in [4.69, 9.17) is 4.98 Å². The van der Waals surface area contributed by atoms with E-state index >= 15 is 0 Å². The predicted molar refractivity (Wildman–Crippen MR) is 112 cm³/mol. The molecular weight excluding hydrogens is 364 g/mol. The molecule has 1 N–H and O–H groups in total. The lowest BCUT2D eigenvalue weighted by molar-refractivity contribution is -0.126. The van der Waals surface area contributed by atoms with Crippen molar-refractivity contribution in [2.75, 3.05) is 13.1 Å². The lowest BCUT2D eigenvalue weighted by Crippen LogP contribution is -2.34. The number of amides is 2. The Kier molecular flexibility index (Phi) is 5.42. The average molecular weight is 388 g/mol. The van der Waals surface area contributed by atoms with Crippen molar-refractivity contribution < 1.29 is 9.59 Å². The smallest absolute Gasteiger partial charge is 0.245 e. The fraction of sp³-hybridized carbons (Fsp3) is 0.261. The van der Waals surface area contributed by atoms with Crippen LogP contribution in [0.5, 0.6) is 0 Å². The van der Waals surface area contributed by atoms with Gasteiger partial charge in [0.15, 0.2) is 0 Å². The molecule has 2 aromatic carbocycles. The van der Waals surface area contributed by atoms with Gasteiger partial charge >= 0.3 is 0 Å². The van der Waals surface area contributed by atoms with Gasteiger partial charge in [0, 0.05) is 19.6 Å². The number of carbonyl (C=O) groups is 2. The normalized spacial score (nSPS) is 16.1. The Bertz CT molecular complexity index is 1040. The van der Waals surface area contributed by atoms with Crippen molar-refractivity contribution in [2.24, 2.45) is 5.92 Å². The van der Waals surface area contributed by atoms with Crippen LogP contribution in [-0.4, -0.2) is 39.4 Å². The molecule has 29 heavy (non-hydrogen) atoms. The molecule has 148 valence electrons. The Balaban J connectivity index is 1.49. The van der Waals surface area contributed by atoms with E-state index < -0.39 is 0 Å². The van der Waals surface area contributed by atoms with Gasteiger partial charge in [0.1, 0.15) is 5.82 Å². The van der Waals surface area contributed by atoms with Gasteiger partial charge in [-0.05, 0) is 30.2 Å². The number of hydrogen-bond donors (Lipinski definition) is 1. The van der Waals surface area contributed by atoms with Crippen molar-refractivity contribution in [3.05, 3.63) is 78.6 Å². The first kappa shape index (κ1) is 18.9. The van der Waals surface area contributed by atoms with Gasteiger partial charge in [-0.25, -0.2) is 4.98 Å². The standard InChI is InChI=1S/C23H24N4O2/c1-2-22(28)26-13-12-18(16-26)23(29)24-14-21-25-19-10-6-7-11-20(19)27(21)15-17-8-4-3-5-9-17/h2-11,18H,1,12-16H2,(H,24,29)/t18-/m0/s1. The number of imidazole rings is 1. The highest BCUT2D eigenvalue weighted by atomic mass is 16.2. The zero-order chi connectivity index (χ0) is 20.2. The van der Waals surface area contributed by atoms with Crippen LogP contribution in [0.25, 0.3) is 11.0 Å². The fourth-order valence-electron chi connectivity index (χ4n) is 3.82. The van der Waals surface area contributed by atoms with E-state index in [-0.39, 0.29) is 17.7 Å². The van der Waals surface area contributed by atoms with Crippen molar-refractivity contribution in [1.29, 1.82) is 0 Å². The lowest BCUT2D eigenvalue weighted by Gasteiger charge is -2.15. The summed E-state index contributed by atoms with van der Waals surface area (Å²) in [6.07, 6.45) is 1.97. The molecule has 1 saturated heterocycles. The molecule has 6 heteroatoms. The Morgan fingerprint density at radius 2 is 1.90 bits per heavy atom. The Morgan fingerprint density at radius 1 is 1.14 bits per heavy atom. The topological polar surface area (TPSA) is 67.2 Å². The zero-order valence-electron chi connectivity index (χ0n) is 16.3. The maximum Gasteiger partial charge on any atom is 0.245 e. The summed E-state index contributed by atoms with van der Waals surface area (Å²) in [4.78, 5) is 30.8. The number of nitrogens with zero attached hydrogens (tertiary/aromatic N) is 3. The minimum Gasteiger partial charge on any atom is -0.349 e. The molecule has 0 bridgehead atoms. The van der Waals surface area contributed by atoms with Gasteiger partial charge in [-0.15, -0.1) is 0 Å². The SMILES string of the molecule is C=CC(=O)N1CC[C@H](C(=O)NCc2nc3ccccc3n2Cc2ccccc2)C1. The third kappa shape index (κ3) is 4.06. The molecule has 2 heterocycles. The van der Waals surface area contributed by atoms with Gasteiger partial charge in [0.25, 0.3) is 0 Å². The van der Waals surface area contributed by atoms with Crippen LogP contribution < -0.4 is 5.32 Å². The largest absolute Gasteiger partial charge is 0.349 e. The second-order valence-electron chi connectivity index (χ2n) is 7.28. The number of para-hydroxylation sites is 2. The molecular formula is C23H24N4O2. The molecule has 0 radical (unpaired) electrons. The first-order valence-electron chi connectivity index (χ1n) is 9.83. The van der Waals surface area contributed by atoms with E-state index in [0.717, 1.165) is 16.9 Å². The molecule has 0 unspecified atom stereocenters. The third-order valence-corrected chi connectivity index (χ3v) is 5.38. The van der Waals surface area contributed by atoms with Crippen LogP contribution in [0, 0.1) is 5.92 Å². The van der Waals surface area contributed by atoms with Gasteiger partial charge in [-0.3, -0.25) is 9.59 Å². The van der Waals surface area contributed by atoms with E-state index in [9.17, 15) is 9.59 Å². The molecule has 0 aliphatic carbocycles. The van der Waals surface area contributed by atoms with Gasteiger partial charge < -0.3 is 14.8 Å². The van der Waals surface area contributed by atoms with Crippen LogP contribution in [0.1, 0.15) is 17.8 Å². The van der Waals surface area contributed by atoms with Crippen LogP contribution in [0.2, 0.25) is 0 Å². The monoisotopic (exact) mass is 388 g/mol. The zero-order valence-corrected chi connectivity index (χ0v) is 16.3. The minimum absolute atomic E-state index is 0.0392. The quantitative estimate of drug-likeness (QED) is 0.661. The molecule has 2 amide bonds. The number of rotatable bonds is 6. The molecule has 1 aliphatic heterocycles. The van der Waals surface area contributed by atoms with Crippen LogP contribution in [-0.2, 0) is 22.7 Å². The van der Waals surface area contributed by atoms with Gasteiger partial charge in [-0.1, -0.05) is 49.0 Å². The second-order valence-corrected chi connectivity index (χ2v) is 7.28. The van der Waals surface area contributed by atoms with E-state index in [0.29, 0.717) is 32.6 Å². The summed E-state index contributed by atoms with van der Waals surface area (Å²) in [5, 5.41) is 3.02. The van der Waals surface area contributed by atoms with Crippen molar-refractivity contribution >= 4 is 22.8 Å². The number of hydrogen-bond acceptors (Lipinski definition) is 3. The van der Waals surface area contributed by atoms with E-state index in [2.05, 4.69) is 28.6 Å². The number of aromatic nitrogens is 2. The fourth-order valence-corrected chi connectivity index (χ4v) is 3.82. The average Bonchev–Trinajstić information content (AvgIpc) is 3.38. The Morgan fingerprint density at radius 3 is 2.69 bits per heavy atom. The summed E-state index contributed by atoms with van der Waals surface area (Å²) >= 11 is 0. The minimum atomic E-state index is -0.189. The third-order valence-electron chi connectivity index (χ3n) is 5.38. The maximum absolute atomic E-state index is 12.6. The first-order chi connectivity index (χ1) is 14.2. The summed E-state index contributed by atoms with van der Waals surface area (Å²) in [5.74, 6) is 0.471.